The lowest BCUT2D eigenvalue weighted by Crippen LogP contribution is -2.41. The van der Waals surface area contributed by atoms with Crippen molar-refractivity contribution in [3.05, 3.63) is 89.9 Å². The predicted octanol–water partition coefficient (Wildman–Crippen LogP) is 4.66. The van der Waals surface area contributed by atoms with E-state index in [1.54, 1.807) is 6.26 Å². The number of likely N-dealkylation sites (tertiary alicyclic amines) is 1. The number of carbonyl (C=O) groups is 2. The average molecular weight is 418 g/mol. The third-order valence-electron chi connectivity index (χ3n) is 5.59. The molecule has 6 nitrogen and oxygen atoms in total. The number of rotatable bonds is 6. The van der Waals surface area contributed by atoms with E-state index in [0.29, 0.717) is 25.1 Å². The van der Waals surface area contributed by atoms with Crippen LogP contribution in [0.3, 0.4) is 0 Å². The van der Waals surface area contributed by atoms with Crippen molar-refractivity contribution in [2.24, 2.45) is 0 Å². The van der Waals surface area contributed by atoms with Crippen molar-refractivity contribution < 1.29 is 14.0 Å². The summed E-state index contributed by atoms with van der Waals surface area (Å²) in [5.74, 6) is 0.971. The Labute approximate surface area is 182 Å². The Morgan fingerprint density at radius 1 is 1.03 bits per heavy atom. The number of piperidine rings is 1. The van der Waals surface area contributed by atoms with Gasteiger partial charge < -0.3 is 20.0 Å². The van der Waals surface area contributed by atoms with Gasteiger partial charge in [0.1, 0.15) is 5.76 Å². The molecule has 0 aliphatic carbocycles. The summed E-state index contributed by atoms with van der Waals surface area (Å²) >= 11 is 0. The number of anilines is 1. The molecule has 0 radical (unpaired) electrons. The number of hydrogen-bond donors (Lipinski definition) is 2. The second-order valence-corrected chi connectivity index (χ2v) is 7.79. The van der Waals surface area contributed by atoms with Gasteiger partial charge in [0.25, 0.3) is 5.91 Å². The molecule has 3 aromatic rings. The molecular formula is C25H27N3O3. The van der Waals surface area contributed by atoms with Gasteiger partial charge in [-0.2, -0.15) is 0 Å². The number of carbonyl (C=O) groups excluding carboxylic acids is 2. The van der Waals surface area contributed by atoms with E-state index in [9.17, 15) is 9.59 Å². The van der Waals surface area contributed by atoms with Crippen LogP contribution in [0.25, 0.3) is 0 Å². The summed E-state index contributed by atoms with van der Waals surface area (Å²) in [6.07, 6.45) is 4.23. The number of benzene rings is 2. The topological polar surface area (TPSA) is 74.6 Å². The monoisotopic (exact) mass is 417 g/mol. The first-order valence-corrected chi connectivity index (χ1v) is 10.7. The standard InChI is InChI=1S/C25H27N3O3/c29-24(26-14-13-23-12-6-16-31-23)20-8-4-7-19(17-20)21-9-5-15-28(18-21)25(30)27-22-10-2-1-3-11-22/h1-4,6-8,10-12,16-17,21H,5,9,13-15,18H2,(H,26,29)(H,27,30)/t21-/m1/s1. The third-order valence-corrected chi connectivity index (χ3v) is 5.59. The average Bonchev–Trinajstić information content (AvgIpc) is 3.33. The van der Waals surface area contributed by atoms with Gasteiger partial charge in [-0.05, 0) is 54.8 Å². The van der Waals surface area contributed by atoms with Crippen LogP contribution < -0.4 is 10.6 Å². The minimum atomic E-state index is -0.0945. The van der Waals surface area contributed by atoms with E-state index >= 15 is 0 Å². The second kappa shape index (κ2) is 9.98. The van der Waals surface area contributed by atoms with Crippen molar-refractivity contribution in [1.82, 2.24) is 10.2 Å². The number of urea groups is 1. The summed E-state index contributed by atoms with van der Waals surface area (Å²) in [5, 5.41) is 5.91. The van der Waals surface area contributed by atoms with E-state index in [2.05, 4.69) is 10.6 Å². The van der Waals surface area contributed by atoms with Crippen LogP contribution in [0.5, 0.6) is 0 Å². The van der Waals surface area contributed by atoms with Crippen LogP contribution in [-0.2, 0) is 6.42 Å². The summed E-state index contributed by atoms with van der Waals surface area (Å²) in [4.78, 5) is 27.1. The maximum Gasteiger partial charge on any atom is 0.321 e. The Balaban J connectivity index is 1.35. The largest absolute Gasteiger partial charge is 0.469 e. The number of amides is 3. The van der Waals surface area contributed by atoms with Crippen LogP contribution in [0.15, 0.2) is 77.4 Å². The van der Waals surface area contributed by atoms with Crippen molar-refractivity contribution >= 4 is 17.6 Å². The van der Waals surface area contributed by atoms with E-state index in [4.69, 9.17) is 4.42 Å². The predicted molar refractivity (Wildman–Crippen MR) is 120 cm³/mol. The molecule has 0 spiro atoms. The maximum absolute atomic E-state index is 12.7. The number of hydrogen-bond acceptors (Lipinski definition) is 3. The normalized spacial score (nSPS) is 16.0. The first-order valence-electron chi connectivity index (χ1n) is 10.7. The lowest BCUT2D eigenvalue weighted by Gasteiger charge is -2.33. The Hall–Kier alpha value is -3.54. The second-order valence-electron chi connectivity index (χ2n) is 7.79. The van der Waals surface area contributed by atoms with Gasteiger partial charge in [-0.1, -0.05) is 30.3 Å². The molecule has 4 rings (SSSR count). The van der Waals surface area contributed by atoms with Crippen molar-refractivity contribution in [1.29, 1.82) is 0 Å². The summed E-state index contributed by atoms with van der Waals surface area (Å²) in [7, 11) is 0. The number of para-hydroxylation sites is 1. The third kappa shape index (κ3) is 5.54. The fourth-order valence-corrected chi connectivity index (χ4v) is 3.95. The number of nitrogens with zero attached hydrogens (tertiary/aromatic N) is 1. The van der Waals surface area contributed by atoms with E-state index in [1.807, 2.05) is 71.6 Å². The minimum absolute atomic E-state index is 0.0808. The molecule has 0 bridgehead atoms. The van der Waals surface area contributed by atoms with Gasteiger partial charge in [-0.25, -0.2) is 4.79 Å². The molecule has 0 saturated carbocycles. The van der Waals surface area contributed by atoms with E-state index in [0.717, 1.165) is 36.4 Å². The first kappa shape index (κ1) is 20.7. The van der Waals surface area contributed by atoms with Crippen molar-refractivity contribution in [2.45, 2.75) is 25.2 Å². The molecule has 1 aliphatic heterocycles. The first-order chi connectivity index (χ1) is 15.2. The van der Waals surface area contributed by atoms with Crippen LogP contribution in [0.4, 0.5) is 10.5 Å². The van der Waals surface area contributed by atoms with Gasteiger partial charge in [0.05, 0.1) is 6.26 Å². The maximum atomic E-state index is 12.7. The highest BCUT2D eigenvalue weighted by atomic mass is 16.3. The molecule has 160 valence electrons. The molecule has 1 fully saturated rings. The quantitative estimate of drug-likeness (QED) is 0.612. The van der Waals surface area contributed by atoms with Gasteiger partial charge in [0.15, 0.2) is 0 Å². The Bertz CT molecular complexity index is 1000. The van der Waals surface area contributed by atoms with Gasteiger partial charge in [0.2, 0.25) is 0 Å². The van der Waals surface area contributed by atoms with Crippen LogP contribution >= 0.6 is 0 Å². The molecule has 1 atom stereocenters. The summed E-state index contributed by atoms with van der Waals surface area (Å²) in [6, 6.07) is 20.9. The molecule has 0 unspecified atom stereocenters. The fourth-order valence-electron chi connectivity index (χ4n) is 3.95. The molecule has 1 saturated heterocycles. The van der Waals surface area contributed by atoms with E-state index < -0.39 is 0 Å². The summed E-state index contributed by atoms with van der Waals surface area (Å²) in [5.41, 5.74) is 2.53. The summed E-state index contributed by atoms with van der Waals surface area (Å²) in [6.45, 7) is 1.90. The molecule has 1 aromatic heterocycles. The van der Waals surface area contributed by atoms with Crippen LogP contribution in [-0.4, -0.2) is 36.5 Å². The zero-order valence-electron chi connectivity index (χ0n) is 17.4. The highest BCUT2D eigenvalue weighted by Crippen LogP contribution is 2.28. The lowest BCUT2D eigenvalue weighted by molar-refractivity contribution is 0.0953. The van der Waals surface area contributed by atoms with Gasteiger partial charge >= 0.3 is 6.03 Å². The lowest BCUT2D eigenvalue weighted by atomic mass is 9.89. The molecule has 1 aliphatic rings. The van der Waals surface area contributed by atoms with Gasteiger partial charge in [-0.15, -0.1) is 0 Å². The molecule has 31 heavy (non-hydrogen) atoms. The highest BCUT2D eigenvalue weighted by Gasteiger charge is 2.25. The SMILES string of the molecule is O=C(NCCc1ccco1)c1cccc([C@@H]2CCCN(C(=O)Nc3ccccc3)C2)c1. The number of nitrogens with one attached hydrogen (secondary N) is 2. The minimum Gasteiger partial charge on any atom is -0.469 e. The van der Waals surface area contributed by atoms with E-state index in [1.165, 1.54) is 0 Å². The zero-order chi connectivity index (χ0) is 21.5. The van der Waals surface area contributed by atoms with E-state index in [-0.39, 0.29) is 17.9 Å². The molecule has 3 amide bonds. The van der Waals surface area contributed by atoms with Crippen molar-refractivity contribution in [3.8, 4) is 0 Å². The van der Waals surface area contributed by atoms with Crippen LogP contribution in [0, 0.1) is 0 Å². The molecule has 2 aromatic carbocycles. The van der Waals surface area contributed by atoms with Crippen molar-refractivity contribution in [3.63, 3.8) is 0 Å². The Kier molecular flexibility index (Phi) is 6.67. The molecular weight excluding hydrogens is 390 g/mol. The van der Waals surface area contributed by atoms with Gasteiger partial charge in [-0.3, -0.25) is 4.79 Å². The Morgan fingerprint density at radius 2 is 1.90 bits per heavy atom. The van der Waals surface area contributed by atoms with Gasteiger partial charge in [0, 0.05) is 43.2 Å². The fraction of sp³-hybridized carbons (Fsp3) is 0.280. The van der Waals surface area contributed by atoms with Crippen LogP contribution in [0.1, 0.15) is 40.4 Å². The van der Waals surface area contributed by atoms with Crippen molar-refractivity contribution in [2.75, 3.05) is 25.0 Å². The molecule has 2 heterocycles. The highest BCUT2D eigenvalue weighted by molar-refractivity contribution is 5.94. The summed E-state index contributed by atoms with van der Waals surface area (Å²) < 4.78 is 5.30. The van der Waals surface area contributed by atoms with Crippen LogP contribution in [0.2, 0.25) is 0 Å². The molecule has 6 heteroatoms. The smallest absolute Gasteiger partial charge is 0.321 e. The number of furan rings is 1. The molecule has 2 N–H and O–H groups in total. The zero-order valence-corrected chi connectivity index (χ0v) is 17.4. The Morgan fingerprint density at radius 3 is 2.71 bits per heavy atom.